The molecule has 5 nitrogen and oxygen atoms in total. The van der Waals surface area contributed by atoms with E-state index in [1.54, 1.807) is 6.33 Å². The summed E-state index contributed by atoms with van der Waals surface area (Å²) in [4.78, 5) is 10.9. The van der Waals surface area contributed by atoms with Crippen molar-refractivity contribution in [3.63, 3.8) is 0 Å². The predicted molar refractivity (Wildman–Crippen MR) is 70.4 cm³/mol. The van der Waals surface area contributed by atoms with E-state index in [1.807, 2.05) is 0 Å². The van der Waals surface area contributed by atoms with Crippen LogP contribution in [-0.4, -0.2) is 33.3 Å². The molecule has 2 atom stereocenters. The van der Waals surface area contributed by atoms with Crippen LogP contribution in [0.3, 0.4) is 0 Å². The van der Waals surface area contributed by atoms with Gasteiger partial charge in [-0.3, -0.25) is 0 Å². The molecule has 2 aliphatic rings. The zero-order chi connectivity index (χ0) is 12.7. The van der Waals surface area contributed by atoms with Crippen LogP contribution in [0.5, 0.6) is 0 Å². The van der Waals surface area contributed by atoms with E-state index in [0.29, 0.717) is 17.9 Å². The molecule has 1 aromatic heterocycles. The van der Waals surface area contributed by atoms with Crippen molar-refractivity contribution in [2.24, 2.45) is 0 Å². The van der Waals surface area contributed by atoms with E-state index >= 15 is 0 Å². The predicted octanol–water partition coefficient (Wildman–Crippen LogP) is 1.11. The molecule has 0 aliphatic carbocycles. The maximum atomic E-state index is 9.85. The monoisotopic (exact) mass is 248 g/mol. The molecule has 5 heteroatoms. The van der Waals surface area contributed by atoms with Crippen molar-refractivity contribution in [3.8, 4) is 0 Å². The first-order valence-electron chi connectivity index (χ1n) is 6.76. The lowest BCUT2D eigenvalue weighted by atomic mass is 9.99. The number of aliphatic hydroxyl groups is 1. The van der Waals surface area contributed by atoms with Crippen LogP contribution >= 0.6 is 0 Å². The molecule has 3 N–H and O–H groups in total. The van der Waals surface area contributed by atoms with Gasteiger partial charge in [0, 0.05) is 17.6 Å². The average molecular weight is 248 g/mol. The van der Waals surface area contributed by atoms with Gasteiger partial charge in [-0.25, -0.2) is 9.97 Å². The van der Waals surface area contributed by atoms with E-state index in [2.05, 4.69) is 21.8 Å². The van der Waals surface area contributed by atoms with E-state index in [4.69, 9.17) is 5.73 Å². The highest BCUT2D eigenvalue weighted by molar-refractivity contribution is 5.58. The highest BCUT2D eigenvalue weighted by Gasteiger charge is 2.41. The van der Waals surface area contributed by atoms with Gasteiger partial charge >= 0.3 is 0 Å². The summed E-state index contributed by atoms with van der Waals surface area (Å²) in [5, 5.41) is 9.85. The molecule has 1 aromatic rings. The SMILES string of the molecule is CCc1c(N)ncnc1N1C2CCC1CC(O)C2. The van der Waals surface area contributed by atoms with Crippen LogP contribution in [0.4, 0.5) is 11.6 Å². The third kappa shape index (κ3) is 1.73. The number of rotatable bonds is 2. The molecule has 2 saturated heterocycles. The fourth-order valence-electron chi connectivity index (χ4n) is 3.47. The van der Waals surface area contributed by atoms with Crippen LogP contribution in [0.25, 0.3) is 0 Å². The summed E-state index contributed by atoms with van der Waals surface area (Å²) in [6, 6.07) is 0.830. The zero-order valence-corrected chi connectivity index (χ0v) is 10.7. The van der Waals surface area contributed by atoms with Gasteiger partial charge in [0.05, 0.1) is 6.10 Å². The second-order valence-corrected chi connectivity index (χ2v) is 5.33. The molecule has 0 aromatic carbocycles. The number of anilines is 2. The molecule has 18 heavy (non-hydrogen) atoms. The Balaban J connectivity index is 1.99. The number of aromatic nitrogens is 2. The Hall–Kier alpha value is -1.36. The van der Waals surface area contributed by atoms with Crippen LogP contribution in [0.2, 0.25) is 0 Å². The number of aliphatic hydroxyl groups excluding tert-OH is 1. The second-order valence-electron chi connectivity index (χ2n) is 5.33. The van der Waals surface area contributed by atoms with Crippen molar-refractivity contribution >= 4 is 11.6 Å². The number of nitrogen functional groups attached to an aromatic ring is 1. The van der Waals surface area contributed by atoms with Gasteiger partial charge in [0.2, 0.25) is 0 Å². The van der Waals surface area contributed by atoms with Crippen molar-refractivity contribution in [1.82, 2.24) is 9.97 Å². The molecule has 98 valence electrons. The van der Waals surface area contributed by atoms with Crippen LogP contribution in [0.15, 0.2) is 6.33 Å². The summed E-state index contributed by atoms with van der Waals surface area (Å²) in [5.41, 5.74) is 7.00. The normalized spacial score (nSPS) is 30.8. The van der Waals surface area contributed by atoms with Gasteiger partial charge in [0.15, 0.2) is 0 Å². The summed E-state index contributed by atoms with van der Waals surface area (Å²) < 4.78 is 0. The van der Waals surface area contributed by atoms with Gasteiger partial charge in [-0.1, -0.05) is 6.92 Å². The number of fused-ring (bicyclic) bond motifs is 2. The molecule has 3 heterocycles. The molecule has 3 rings (SSSR count). The summed E-state index contributed by atoms with van der Waals surface area (Å²) in [6.07, 6.45) is 6.24. The van der Waals surface area contributed by atoms with Crippen molar-refractivity contribution in [3.05, 3.63) is 11.9 Å². The van der Waals surface area contributed by atoms with Gasteiger partial charge in [-0.15, -0.1) is 0 Å². The second kappa shape index (κ2) is 4.39. The molecule has 2 fully saturated rings. The number of piperidine rings is 1. The summed E-state index contributed by atoms with van der Waals surface area (Å²) in [7, 11) is 0. The maximum absolute atomic E-state index is 9.85. The molecule has 2 aliphatic heterocycles. The molecule has 0 radical (unpaired) electrons. The summed E-state index contributed by atoms with van der Waals surface area (Å²) in [5.74, 6) is 1.58. The van der Waals surface area contributed by atoms with Gasteiger partial charge < -0.3 is 15.7 Å². The number of hydrogen-bond donors (Lipinski definition) is 2. The molecule has 0 spiro atoms. The molecule has 2 bridgehead atoms. The van der Waals surface area contributed by atoms with Gasteiger partial charge in [0.1, 0.15) is 18.0 Å². The zero-order valence-electron chi connectivity index (χ0n) is 10.7. The standard InChI is InChI=1S/C13H20N4O/c1-2-11-12(14)15-7-16-13(11)17-8-3-4-9(17)6-10(18)5-8/h7-10,18H,2-6H2,1H3,(H2,14,15,16). The molecule has 0 amide bonds. The van der Waals surface area contributed by atoms with E-state index in [9.17, 15) is 5.11 Å². The van der Waals surface area contributed by atoms with Crippen molar-refractivity contribution in [2.45, 2.75) is 57.2 Å². The molecular weight excluding hydrogens is 228 g/mol. The van der Waals surface area contributed by atoms with Crippen molar-refractivity contribution in [1.29, 1.82) is 0 Å². The Morgan fingerprint density at radius 1 is 1.33 bits per heavy atom. The minimum Gasteiger partial charge on any atom is -0.393 e. The van der Waals surface area contributed by atoms with Crippen LogP contribution < -0.4 is 10.6 Å². The lowest BCUT2D eigenvalue weighted by molar-refractivity contribution is 0.126. The third-order valence-electron chi connectivity index (χ3n) is 4.26. The highest BCUT2D eigenvalue weighted by atomic mass is 16.3. The van der Waals surface area contributed by atoms with E-state index in [0.717, 1.165) is 43.5 Å². The van der Waals surface area contributed by atoms with Gasteiger partial charge in [-0.05, 0) is 32.1 Å². The topological polar surface area (TPSA) is 75.3 Å². The van der Waals surface area contributed by atoms with Crippen molar-refractivity contribution < 1.29 is 5.11 Å². The van der Waals surface area contributed by atoms with E-state index in [1.165, 1.54) is 0 Å². The maximum Gasteiger partial charge on any atom is 0.137 e. The molecular formula is C13H20N4O. The number of hydrogen-bond acceptors (Lipinski definition) is 5. The third-order valence-corrected chi connectivity index (χ3v) is 4.26. The summed E-state index contributed by atoms with van der Waals surface area (Å²) >= 11 is 0. The van der Waals surface area contributed by atoms with E-state index in [-0.39, 0.29) is 6.10 Å². The fraction of sp³-hybridized carbons (Fsp3) is 0.692. The largest absolute Gasteiger partial charge is 0.393 e. The van der Waals surface area contributed by atoms with Crippen molar-refractivity contribution in [2.75, 3.05) is 10.6 Å². The highest BCUT2D eigenvalue weighted by Crippen LogP contribution is 2.40. The first-order chi connectivity index (χ1) is 8.70. The fourth-order valence-corrected chi connectivity index (χ4v) is 3.47. The van der Waals surface area contributed by atoms with Crippen LogP contribution in [-0.2, 0) is 6.42 Å². The smallest absolute Gasteiger partial charge is 0.137 e. The van der Waals surface area contributed by atoms with Gasteiger partial charge in [-0.2, -0.15) is 0 Å². The molecule has 2 unspecified atom stereocenters. The number of nitrogens with two attached hydrogens (primary N) is 1. The first-order valence-corrected chi connectivity index (χ1v) is 6.76. The lowest BCUT2D eigenvalue weighted by Crippen LogP contribution is -2.45. The van der Waals surface area contributed by atoms with Crippen LogP contribution in [0.1, 0.15) is 38.2 Å². The Bertz CT molecular complexity index is 437. The average Bonchev–Trinajstić information content (AvgIpc) is 2.61. The first kappa shape index (κ1) is 11.7. The Labute approximate surface area is 107 Å². The number of nitrogens with zero attached hydrogens (tertiary/aromatic N) is 3. The lowest BCUT2D eigenvalue weighted by Gasteiger charge is -2.39. The Morgan fingerprint density at radius 3 is 2.61 bits per heavy atom. The minimum atomic E-state index is -0.150. The summed E-state index contributed by atoms with van der Waals surface area (Å²) in [6.45, 7) is 2.08. The van der Waals surface area contributed by atoms with E-state index < -0.39 is 0 Å². The molecule has 0 saturated carbocycles. The Kier molecular flexibility index (Phi) is 2.86. The quantitative estimate of drug-likeness (QED) is 0.820. The minimum absolute atomic E-state index is 0.150. The Morgan fingerprint density at radius 2 is 2.00 bits per heavy atom. The van der Waals surface area contributed by atoms with Crippen LogP contribution in [0, 0.1) is 0 Å². The van der Waals surface area contributed by atoms with Gasteiger partial charge in [0.25, 0.3) is 0 Å².